The molecule has 1 aliphatic carbocycles. The summed E-state index contributed by atoms with van der Waals surface area (Å²) < 4.78 is 0. The largest absolute Gasteiger partial charge is 0.327 e. The van der Waals surface area contributed by atoms with Crippen LogP contribution < -0.4 is 5.73 Å². The highest BCUT2D eigenvalue weighted by atomic mass is 14.5. The Labute approximate surface area is 69.7 Å². The van der Waals surface area contributed by atoms with E-state index in [0.29, 0.717) is 6.54 Å². The standard InChI is InChI=1S/C10H19N/c1-8-3-4-9(2)10(7-8)5-6-11/h5,8-9H,3-4,6-7,11H2,1-2H3. The van der Waals surface area contributed by atoms with Crippen molar-refractivity contribution in [3.05, 3.63) is 11.6 Å². The van der Waals surface area contributed by atoms with E-state index < -0.39 is 0 Å². The third kappa shape index (κ3) is 2.33. The Hall–Kier alpha value is -0.300. The Morgan fingerprint density at radius 1 is 1.45 bits per heavy atom. The van der Waals surface area contributed by atoms with Crippen molar-refractivity contribution in [2.24, 2.45) is 17.6 Å². The summed E-state index contributed by atoms with van der Waals surface area (Å²) in [6.45, 7) is 5.36. The van der Waals surface area contributed by atoms with E-state index in [2.05, 4.69) is 19.9 Å². The Kier molecular flexibility index (Phi) is 3.13. The van der Waals surface area contributed by atoms with Crippen molar-refractivity contribution in [2.45, 2.75) is 33.1 Å². The number of rotatable bonds is 1. The molecular formula is C10H19N. The lowest BCUT2D eigenvalue weighted by atomic mass is 9.80. The molecule has 1 aliphatic rings. The fourth-order valence-electron chi connectivity index (χ4n) is 1.86. The van der Waals surface area contributed by atoms with Gasteiger partial charge < -0.3 is 5.73 Å². The summed E-state index contributed by atoms with van der Waals surface area (Å²) in [5.74, 6) is 1.67. The van der Waals surface area contributed by atoms with Gasteiger partial charge >= 0.3 is 0 Å². The van der Waals surface area contributed by atoms with Crippen LogP contribution in [0.15, 0.2) is 11.6 Å². The van der Waals surface area contributed by atoms with Crippen LogP contribution in [0.4, 0.5) is 0 Å². The van der Waals surface area contributed by atoms with Gasteiger partial charge in [-0.1, -0.05) is 25.5 Å². The van der Waals surface area contributed by atoms with Crippen LogP contribution in [-0.4, -0.2) is 6.54 Å². The lowest BCUT2D eigenvalue weighted by Crippen LogP contribution is -2.14. The van der Waals surface area contributed by atoms with Gasteiger partial charge in [-0.05, 0) is 31.1 Å². The maximum atomic E-state index is 5.49. The molecule has 1 saturated carbocycles. The summed E-state index contributed by atoms with van der Waals surface area (Å²) in [5, 5.41) is 0. The van der Waals surface area contributed by atoms with E-state index in [1.165, 1.54) is 19.3 Å². The van der Waals surface area contributed by atoms with Crippen molar-refractivity contribution in [3.63, 3.8) is 0 Å². The van der Waals surface area contributed by atoms with Gasteiger partial charge in [0.2, 0.25) is 0 Å². The molecule has 0 aromatic heterocycles. The first-order valence-corrected chi connectivity index (χ1v) is 4.63. The summed E-state index contributed by atoms with van der Waals surface area (Å²) in [7, 11) is 0. The van der Waals surface area contributed by atoms with E-state index in [4.69, 9.17) is 5.73 Å². The molecule has 0 amide bonds. The number of allylic oxidation sites excluding steroid dienone is 1. The third-order valence-corrected chi connectivity index (χ3v) is 2.69. The van der Waals surface area contributed by atoms with Crippen LogP contribution in [0.3, 0.4) is 0 Å². The van der Waals surface area contributed by atoms with Crippen molar-refractivity contribution < 1.29 is 0 Å². The molecule has 1 rings (SSSR count). The van der Waals surface area contributed by atoms with E-state index >= 15 is 0 Å². The molecule has 0 spiro atoms. The molecule has 1 fully saturated rings. The number of hydrogen-bond donors (Lipinski definition) is 1. The summed E-state index contributed by atoms with van der Waals surface area (Å²) in [6, 6.07) is 0. The van der Waals surface area contributed by atoms with Gasteiger partial charge in [-0.2, -0.15) is 0 Å². The number of hydrogen-bond acceptors (Lipinski definition) is 1. The van der Waals surface area contributed by atoms with Crippen LogP contribution in [0, 0.1) is 11.8 Å². The summed E-state index contributed by atoms with van der Waals surface area (Å²) in [5.41, 5.74) is 7.08. The maximum absolute atomic E-state index is 5.49. The van der Waals surface area contributed by atoms with Gasteiger partial charge in [-0.15, -0.1) is 0 Å². The van der Waals surface area contributed by atoms with E-state index in [0.717, 1.165) is 11.8 Å². The first-order chi connectivity index (χ1) is 5.24. The zero-order chi connectivity index (χ0) is 8.27. The smallest absolute Gasteiger partial charge is 0.0109 e. The lowest BCUT2D eigenvalue weighted by Gasteiger charge is -2.26. The molecule has 0 saturated heterocycles. The molecule has 1 heteroatoms. The molecule has 2 N–H and O–H groups in total. The van der Waals surface area contributed by atoms with Crippen LogP contribution in [-0.2, 0) is 0 Å². The topological polar surface area (TPSA) is 26.0 Å². The Morgan fingerprint density at radius 2 is 2.18 bits per heavy atom. The predicted octanol–water partition coefficient (Wildman–Crippen LogP) is 2.33. The predicted molar refractivity (Wildman–Crippen MR) is 49.3 cm³/mol. The molecule has 0 radical (unpaired) electrons. The van der Waals surface area contributed by atoms with E-state index in [1.807, 2.05) is 0 Å². The third-order valence-electron chi connectivity index (χ3n) is 2.69. The highest BCUT2D eigenvalue weighted by Gasteiger charge is 2.18. The van der Waals surface area contributed by atoms with Gasteiger partial charge in [-0.3, -0.25) is 0 Å². The molecule has 0 heterocycles. The van der Waals surface area contributed by atoms with Crippen molar-refractivity contribution in [1.29, 1.82) is 0 Å². The fourth-order valence-corrected chi connectivity index (χ4v) is 1.86. The Morgan fingerprint density at radius 3 is 2.82 bits per heavy atom. The van der Waals surface area contributed by atoms with Crippen molar-refractivity contribution in [2.75, 3.05) is 6.54 Å². The minimum atomic E-state index is 0.715. The fraction of sp³-hybridized carbons (Fsp3) is 0.800. The molecule has 11 heavy (non-hydrogen) atoms. The van der Waals surface area contributed by atoms with Gasteiger partial charge in [-0.25, -0.2) is 0 Å². The quantitative estimate of drug-likeness (QED) is 0.575. The Balaban J connectivity index is 2.54. The molecule has 1 nitrogen and oxygen atoms in total. The molecule has 0 aromatic carbocycles. The van der Waals surface area contributed by atoms with Crippen molar-refractivity contribution >= 4 is 0 Å². The maximum Gasteiger partial charge on any atom is 0.0109 e. The molecular weight excluding hydrogens is 134 g/mol. The zero-order valence-corrected chi connectivity index (χ0v) is 7.64. The second-order valence-electron chi connectivity index (χ2n) is 3.80. The summed E-state index contributed by atoms with van der Waals surface area (Å²) in [6.07, 6.45) is 6.23. The van der Waals surface area contributed by atoms with Crippen LogP contribution in [0.1, 0.15) is 33.1 Å². The number of nitrogens with two attached hydrogens (primary N) is 1. The summed E-state index contributed by atoms with van der Waals surface area (Å²) in [4.78, 5) is 0. The highest BCUT2D eigenvalue weighted by molar-refractivity contribution is 5.09. The zero-order valence-electron chi connectivity index (χ0n) is 7.64. The average Bonchev–Trinajstić information content (AvgIpc) is 1.98. The second kappa shape index (κ2) is 3.91. The minimum absolute atomic E-state index is 0.715. The van der Waals surface area contributed by atoms with Crippen LogP contribution in [0.2, 0.25) is 0 Å². The summed E-state index contributed by atoms with van der Waals surface area (Å²) >= 11 is 0. The van der Waals surface area contributed by atoms with Gasteiger partial charge in [0.15, 0.2) is 0 Å². The Bertz CT molecular complexity index is 149. The molecule has 0 bridgehead atoms. The minimum Gasteiger partial charge on any atom is -0.327 e. The SMILES string of the molecule is CC1CCC(C)C(=CCN)C1. The second-order valence-corrected chi connectivity index (χ2v) is 3.80. The normalized spacial score (nSPS) is 36.1. The molecule has 64 valence electrons. The van der Waals surface area contributed by atoms with Crippen LogP contribution in [0.5, 0.6) is 0 Å². The first-order valence-electron chi connectivity index (χ1n) is 4.63. The van der Waals surface area contributed by atoms with Crippen molar-refractivity contribution in [3.8, 4) is 0 Å². The molecule has 2 atom stereocenters. The average molecular weight is 153 g/mol. The monoisotopic (exact) mass is 153 g/mol. The van der Waals surface area contributed by atoms with Gasteiger partial charge in [0.25, 0.3) is 0 Å². The lowest BCUT2D eigenvalue weighted by molar-refractivity contribution is 0.386. The highest BCUT2D eigenvalue weighted by Crippen LogP contribution is 2.32. The van der Waals surface area contributed by atoms with Gasteiger partial charge in [0.05, 0.1) is 0 Å². The van der Waals surface area contributed by atoms with Crippen LogP contribution in [0.25, 0.3) is 0 Å². The van der Waals surface area contributed by atoms with E-state index in [9.17, 15) is 0 Å². The molecule has 2 unspecified atom stereocenters. The first kappa shape index (κ1) is 8.79. The molecule has 0 aliphatic heterocycles. The molecule has 0 aromatic rings. The van der Waals surface area contributed by atoms with Gasteiger partial charge in [0.1, 0.15) is 0 Å². The van der Waals surface area contributed by atoms with E-state index in [1.54, 1.807) is 5.57 Å². The van der Waals surface area contributed by atoms with Crippen LogP contribution >= 0.6 is 0 Å². The van der Waals surface area contributed by atoms with Gasteiger partial charge in [0, 0.05) is 6.54 Å². The van der Waals surface area contributed by atoms with E-state index in [-0.39, 0.29) is 0 Å². The van der Waals surface area contributed by atoms with Crippen molar-refractivity contribution in [1.82, 2.24) is 0 Å².